The molecule has 1 fully saturated rings. The van der Waals surface area contributed by atoms with Crippen LogP contribution in [0.5, 0.6) is 0 Å². The summed E-state index contributed by atoms with van der Waals surface area (Å²) in [6.07, 6.45) is 2.64. The van der Waals surface area contributed by atoms with Crippen molar-refractivity contribution in [1.82, 2.24) is 0 Å². The van der Waals surface area contributed by atoms with E-state index < -0.39 is 13.8 Å². The third-order valence-electron chi connectivity index (χ3n) is 2.63. The van der Waals surface area contributed by atoms with Crippen LogP contribution in [0.1, 0.15) is 12.8 Å². The van der Waals surface area contributed by atoms with E-state index in [1.807, 2.05) is 0 Å². The highest BCUT2D eigenvalue weighted by Crippen LogP contribution is 2.40. The van der Waals surface area contributed by atoms with E-state index in [2.05, 4.69) is 13.1 Å². The lowest BCUT2D eigenvalue weighted by atomic mass is 10.4. The van der Waals surface area contributed by atoms with Gasteiger partial charge < -0.3 is 0 Å². The van der Waals surface area contributed by atoms with E-state index in [0.29, 0.717) is 0 Å². The van der Waals surface area contributed by atoms with Gasteiger partial charge in [-0.05, 0) is 12.1 Å². The maximum atomic E-state index is 6.43. The topological polar surface area (TPSA) is 0 Å². The maximum Gasteiger partial charge on any atom is 0.162 e. The second-order valence-electron chi connectivity index (χ2n) is 3.60. The van der Waals surface area contributed by atoms with Gasteiger partial charge in [0.2, 0.25) is 0 Å². The van der Waals surface area contributed by atoms with Crippen LogP contribution in [0.15, 0.2) is 0 Å². The first-order chi connectivity index (χ1) is 4.46. The Morgan fingerprint density at radius 3 is 1.40 bits per heavy atom. The van der Waals surface area contributed by atoms with Crippen molar-refractivity contribution < 1.29 is 0 Å². The standard InChI is InChI=1S/C6H14Cl2Si2/c1-9(7)5-3-4-6-10(9,2)8/h3-6H2,1-2H3. The highest BCUT2D eigenvalue weighted by atomic mass is 35.6. The summed E-state index contributed by atoms with van der Waals surface area (Å²) in [5.41, 5.74) is 0. The number of rotatable bonds is 0. The summed E-state index contributed by atoms with van der Waals surface area (Å²) in [6, 6.07) is 2.50. The van der Waals surface area contributed by atoms with Gasteiger partial charge in [0, 0.05) is 0 Å². The molecule has 4 heteroatoms. The lowest BCUT2D eigenvalue weighted by molar-refractivity contribution is 0.849. The molecule has 10 heavy (non-hydrogen) atoms. The van der Waals surface area contributed by atoms with Crippen LogP contribution >= 0.6 is 22.2 Å². The second-order valence-corrected chi connectivity index (χ2v) is 22.9. The maximum absolute atomic E-state index is 6.43. The van der Waals surface area contributed by atoms with E-state index >= 15 is 0 Å². The van der Waals surface area contributed by atoms with Gasteiger partial charge in [-0.2, -0.15) is 22.2 Å². The molecule has 0 aliphatic carbocycles. The summed E-state index contributed by atoms with van der Waals surface area (Å²) in [5, 5.41) is 0. The lowest BCUT2D eigenvalue weighted by Gasteiger charge is -2.37. The fourth-order valence-electron chi connectivity index (χ4n) is 1.44. The zero-order chi connectivity index (χ0) is 7.83. The molecule has 0 aromatic carbocycles. The zero-order valence-corrected chi connectivity index (χ0v) is 10.1. The molecule has 0 bridgehead atoms. The Kier molecular flexibility index (Phi) is 2.56. The van der Waals surface area contributed by atoms with Crippen LogP contribution < -0.4 is 0 Å². The molecule has 1 aliphatic heterocycles. The van der Waals surface area contributed by atoms with E-state index in [1.54, 1.807) is 0 Å². The molecule has 1 heterocycles. The van der Waals surface area contributed by atoms with Gasteiger partial charge >= 0.3 is 0 Å². The van der Waals surface area contributed by atoms with Crippen molar-refractivity contribution in [1.29, 1.82) is 0 Å². The molecule has 0 nitrogen and oxygen atoms in total. The first kappa shape index (κ1) is 9.10. The predicted molar refractivity (Wildman–Crippen MR) is 53.8 cm³/mol. The highest BCUT2D eigenvalue weighted by Gasteiger charge is 2.48. The van der Waals surface area contributed by atoms with E-state index in [9.17, 15) is 0 Å². The lowest BCUT2D eigenvalue weighted by Crippen LogP contribution is -2.52. The van der Waals surface area contributed by atoms with Crippen LogP contribution in [-0.2, 0) is 0 Å². The number of hydrogen-bond acceptors (Lipinski definition) is 0. The molecular formula is C6H14Cl2Si2. The van der Waals surface area contributed by atoms with Crippen molar-refractivity contribution in [3.05, 3.63) is 0 Å². The molecule has 2 unspecified atom stereocenters. The van der Waals surface area contributed by atoms with Crippen LogP contribution in [-0.4, -0.2) is 13.8 Å². The average molecular weight is 213 g/mol. The Morgan fingerprint density at radius 2 is 1.20 bits per heavy atom. The van der Waals surface area contributed by atoms with Crippen LogP contribution in [0.25, 0.3) is 0 Å². The van der Waals surface area contributed by atoms with Crippen molar-refractivity contribution in [3.8, 4) is 0 Å². The Labute approximate surface area is 74.1 Å². The van der Waals surface area contributed by atoms with Gasteiger partial charge in [-0.1, -0.05) is 25.9 Å². The first-order valence-electron chi connectivity index (χ1n) is 3.84. The summed E-state index contributed by atoms with van der Waals surface area (Å²) in [6.45, 7) is 1.60. The van der Waals surface area contributed by atoms with Gasteiger partial charge in [0.25, 0.3) is 0 Å². The van der Waals surface area contributed by atoms with Gasteiger partial charge in [-0.25, -0.2) is 0 Å². The Morgan fingerprint density at radius 1 is 0.900 bits per heavy atom. The molecule has 0 radical (unpaired) electrons. The summed E-state index contributed by atoms with van der Waals surface area (Å²) >= 11 is 12.9. The zero-order valence-electron chi connectivity index (χ0n) is 6.58. The van der Waals surface area contributed by atoms with Crippen LogP contribution in [0, 0.1) is 0 Å². The summed E-state index contributed by atoms with van der Waals surface area (Å²) in [4.78, 5) is 0. The molecule has 0 saturated carbocycles. The van der Waals surface area contributed by atoms with Crippen molar-refractivity contribution in [2.24, 2.45) is 0 Å². The molecule has 0 aromatic heterocycles. The third-order valence-corrected chi connectivity index (χ3v) is 24.9. The van der Waals surface area contributed by atoms with Gasteiger partial charge in [-0.15, -0.1) is 0 Å². The van der Waals surface area contributed by atoms with Gasteiger partial charge in [-0.3, -0.25) is 0 Å². The number of hydrogen-bond donors (Lipinski definition) is 0. The largest absolute Gasteiger partial charge is 0.169 e. The molecule has 1 aliphatic rings. The van der Waals surface area contributed by atoms with Gasteiger partial charge in [0.05, 0.1) is 0 Å². The average Bonchev–Trinajstić information content (AvgIpc) is 1.77. The Hall–Kier alpha value is 1.01. The fraction of sp³-hybridized carbons (Fsp3) is 1.00. The van der Waals surface area contributed by atoms with Crippen molar-refractivity contribution in [2.45, 2.75) is 38.0 Å². The predicted octanol–water partition coefficient (Wildman–Crippen LogP) is 3.49. The van der Waals surface area contributed by atoms with Crippen LogP contribution in [0.3, 0.4) is 0 Å². The minimum atomic E-state index is -1.44. The van der Waals surface area contributed by atoms with E-state index in [0.717, 1.165) is 0 Å². The minimum Gasteiger partial charge on any atom is -0.169 e. The molecular weight excluding hydrogens is 199 g/mol. The van der Waals surface area contributed by atoms with Gasteiger partial charge in [0.1, 0.15) is 0 Å². The van der Waals surface area contributed by atoms with Crippen molar-refractivity contribution in [2.75, 3.05) is 0 Å². The molecule has 1 rings (SSSR count). The van der Waals surface area contributed by atoms with E-state index in [-0.39, 0.29) is 0 Å². The second kappa shape index (κ2) is 2.81. The monoisotopic (exact) mass is 212 g/mol. The van der Waals surface area contributed by atoms with Gasteiger partial charge in [0.15, 0.2) is 13.8 Å². The molecule has 60 valence electrons. The van der Waals surface area contributed by atoms with Crippen LogP contribution in [0.2, 0.25) is 25.2 Å². The smallest absolute Gasteiger partial charge is 0.162 e. The molecule has 1 saturated heterocycles. The minimum absolute atomic E-state index is 1.25. The molecule has 0 spiro atoms. The van der Waals surface area contributed by atoms with Crippen LogP contribution in [0.4, 0.5) is 0 Å². The molecule has 0 N–H and O–H groups in total. The molecule has 0 aromatic rings. The molecule has 2 atom stereocenters. The quantitative estimate of drug-likeness (QED) is 0.427. The Bertz CT molecular complexity index is 118. The first-order valence-corrected chi connectivity index (χ1v) is 12.3. The number of halogens is 2. The van der Waals surface area contributed by atoms with E-state index in [4.69, 9.17) is 22.2 Å². The normalized spacial score (nSPS) is 49.2. The highest BCUT2D eigenvalue weighted by molar-refractivity contribution is 7.71. The summed E-state index contributed by atoms with van der Waals surface area (Å²) in [7, 11) is 0. The summed E-state index contributed by atoms with van der Waals surface area (Å²) in [5.74, 6) is 0. The summed E-state index contributed by atoms with van der Waals surface area (Å²) < 4.78 is 0. The van der Waals surface area contributed by atoms with Crippen molar-refractivity contribution in [3.63, 3.8) is 0 Å². The SMILES string of the molecule is C[Si]1(Cl)CCCC[Si]1(C)Cl. The van der Waals surface area contributed by atoms with Crippen molar-refractivity contribution >= 4 is 36.0 Å². The third kappa shape index (κ3) is 1.60. The Balaban J connectivity index is 2.70. The van der Waals surface area contributed by atoms with E-state index in [1.165, 1.54) is 24.9 Å². The fourth-order valence-corrected chi connectivity index (χ4v) is 11.0. The molecule has 0 amide bonds.